The number of hydrogen-bond acceptors (Lipinski definition) is 5. The number of hydrogen-bond donors (Lipinski definition) is 2. The summed E-state index contributed by atoms with van der Waals surface area (Å²) in [5.41, 5.74) is 0.612. The molecule has 8 nitrogen and oxygen atoms in total. The minimum absolute atomic E-state index is 0.0555. The van der Waals surface area contributed by atoms with Crippen LogP contribution in [0.1, 0.15) is 48.9 Å². The first-order valence-corrected chi connectivity index (χ1v) is 9.69. The Morgan fingerprint density at radius 1 is 1.18 bits per heavy atom. The highest BCUT2D eigenvalue weighted by Gasteiger charge is 2.25. The first-order valence-electron chi connectivity index (χ1n) is 9.31. The highest BCUT2D eigenvalue weighted by molar-refractivity contribution is 6.34. The molecule has 1 aliphatic heterocycles. The van der Waals surface area contributed by atoms with Crippen molar-refractivity contribution >= 4 is 41.1 Å². The molecule has 1 aromatic carbocycles. The molecule has 150 valence electrons. The number of carbonyl (C=O) groups excluding carboxylic acids is 4. The number of nitrogens with zero attached hydrogens (tertiary/aromatic N) is 1. The van der Waals surface area contributed by atoms with Crippen molar-refractivity contribution in [2.75, 3.05) is 18.1 Å². The van der Waals surface area contributed by atoms with Crippen molar-refractivity contribution in [2.45, 2.75) is 44.6 Å². The minimum Gasteiger partial charge on any atom is -0.452 e. The first-order chi connectivity index (χ1) is 13.4. The van der Waals surface area contributed by atoms with Gasteiger partial charge in [0.2, 0.25) is 5.91 Å². The summed E-state index contributed by atoms with van der Waals surface area (Å²) >= 11 is 6.15. The summed E-state index contributed by atoms with van der Waals surface area (Å²) in [6.45, 7) is -0.0485. The molecule has 1 heterocycles. The third-order valence-corrected chi connectivity index (χ3v) is 5.14. The van der Waals surface area contributed by atoms with E-state index in [-0.39, 0.29) is 17.5 Å². The number of ether oxygens (including phenoxy) is 1. The average Bonchev–Trinajstić information content (AvgIpc) is 3.31. The van der Waals surface area contributed by atoms with Gasteiger partial charge in [0.25, 0.3) is 5.91 Å². The van der Waals surface area contributed by atoms with Gasteiger partial charge in [-0.1, -0.05) is 24.4 Å². The Bertz CT molecular complexity index is 792. The fourth-order valence-electron chi connectivity index (χ4n) is 3.42. The summed E-state index contributed by atoms with van der Waals surface area (Å²) in [5, 5.41) is 5.21. The zero-order valence-electron chi connectivity index (χ0n) is 15.3. The van der Waals surface area contributed by atoms with Crippen LogP contribution in [0.4, 0.5) is 10.5 Å². The van der Waals surface area contributed by atoms with Gasteiger partial charge in [-0.2, -0.15) is 0 Å². The number of esters is 1. The van der Waals surface area contributed by atoms with Crippen molar-refractivity contribution in [3.63, 3.8) is 0 Å². The maximum atomic E-state index is 12.2. The second kappa shape index (κ2) is 9.05. The fourth-order valence-corrected chi connectivity index (χ4v) is 3.64. The summed E-state index contributed by atoms with van der Waals surface area (Å²) in [4.78, 5) is 49.2. The highest BCUT2D eigenvalue weighted by Crippen LogP contribution is 2.30. The lowest BCUT2D eigenvalue weighted by Gasteiger charge is -2.18. The molecular weight excluding hydrogens is 386 g/mol. The summed E-state index contributed by atoms with van der Waals surface area (Å²) in [7, 11) is 0. The largest absolute Gasteiger partial charge is 0.452 e. The van der Waals surface area contributed by atoms with Gasteiger partial charge in [0, 0.05) is 19.0 Å². The summed E-state index contributed by atoms with van der Waals surface area (Å²) < 4.78 is 4.97. The monoisotopic (exact) mass is 407 g/mol. The summed E-state index contributed by atoms with van der Waals surface area (Å²) in [5.74, 6) is -1.51. The van der Waals surface area contributed by atoms with Crippen molar-refractivity contribution in [1.82, 2.24) is 10.6 Å². The molecule has 28 heavy (non-hydrogen) atoms. The van der Waals surface area contributed by atoms with Gasteiger partial charge in [-0.05, 0) is 37.5 Å². The van der Waals surface area contributed by atoms with Crippen LogP contribution in [0.2, 0.25) is 5.02 Å². The number of rotatable bonds is 5. The van der Waals surface area contributed by atoms with Gasteiger partial charge in [0.05, 0.1) is 16.3 Å². The average molecular weight is 408 g/mol. The van der Waals surface area contributed by atoms with Gasteiger partial charge in [0.15, 0.2) is 6.61 Å². The Labute approximate surface area is 167 Å². The van der Waals surface area contributed by atoms with E-state index in [2.05, 4.69) is 10.6 Å². The number of imide groups is 1. The molecule has 0 atom stereocenters. The normalized spacial score (nSPS) is 16.9. The molecule has 2 N–H and O–H groups in total. The van der Waals surface area contributed by atoms with Crippen LogP contribution in [0.5, 0.6) is 0 Å². The van der Waals surface area contributed by atoms with Gasteiger partial charge < -0.3 is 15.0 Å². The maximum absolute atomic E-state index is 12.2. The summed E-state index contributed by atoms with van der Waals surface area (Å²) in [6, 6.07) is 3.93. The fraction of sp³-hybridized carbons (Fsp3) is 0.474. The van der Waals surface area contributed by atoms with Gasteiger partial charge in [-0.15, -0.1) is 0 Å². The first kappa shape index (κ1) is 20.1. The minimum atomic E-state index is -0.740. The standard InChI is InChI=1S/C19H22ClN3O5/c20-14-8-7-12(10-15(14)23-9-3-6-17(23)25)18(26)28-11-16(24)22-19(27)21-13-4-1-2-5-13/h7-8,10,13H,1-6,9,11H2,(H2,21,22,24,27). The topological polar surface area (TPSA) is 105 Å². The molecule has 0 spiro atoms. The predicted octanol–water partition coefficient (Wildman–Crippen LogP) is 2.39. The molecule has 0 aromatic heterocycles. The molecule has 1 saturated heterocycles. The highest BCUT2D eigenvalue weighted by atomic mass is 35.5. The Morgan fingerprint density at radius 3 is 2.61 bits per heavy atom. The van der Waals surface area contributed by atoms with Crippen molar-refractivity contribution in [3.05, 3.63) is 28.8 Å². The lowest BCUT2D eigenvalue weighted by Crippen LogP contribution is -2.45. The SMILES string of the molecule is O=C(COC(=O)c1ccc(Cl)c(N2CCCC2=O)c1)NC(=O)NC1CCCC1. The molecule has 0 bridgehead atoms. The molecule has 2 aliphatic rings. The van der Waals surface area contributed by atoms with Crippen LogP contribution < -0.4 is 15.5 Å². The lowest BCUT2D eigenvalue weighted by atomic mass is 10.2. The van der Waals surface area contributed by atoms with Crippen LogP contribution in [0.3, 0.4) is 0 Å². The number of anilines is 1. The molecule has 0 unspecified atom stereocenters. The molecule has 3 rings (SSSR count). The van der Waals surface area contributed by atoms with Crippen LogP contribution in [-0.4, -0.2) is 43.0 Å². The van der Waals surface area contributed by atoms with E-state index in [1.54, 1.807) is 0 Å². The zero-order chi connectivity index (χ0) is 20.1. The Hall–Kier alpha value is -2.61. The van der Waals surface area contributed by atoms with E-state index in [0.29, 0.717) is 23.7 Å². The van der Waals surface area contributed by atoms with E-state index in [0.717, 1.165) is 32.1 Å². The van der Waals surface area contributed by atoms with E-state index >= 15 is 0 Å². The van der Waals surface area contributed by atoms with Gasteiger partial charge in [-0.3, -0.25) is 14.9 Å². The molecular formula is C19H22ClN3O5. The number of nitrogens with one attached hydrogen (secondary N) is 2. The van der Waals surface area contributed by atoms with E-state index < -0.39 is 24.5 Å². The molecule has 1 aliphatic carbocycles. The van der Waals surface area contributed by atoms with E-state index in [1.165, 1.54) is 23.1 Å². The number of halogens is 1. The second-order valence-corrected chi connectivity index (χ2v) is 7.30. The predicted molar refractivity (Wildman–Crippen MR) is 102 cm³/mol. The van der Waals surface area contributed by atoms with E-state index in [4.69, 9.17) is 16.3 Å². The second-order valence-electron chi connectivity index (χ2n) is 6.89. The molecule has 4 amide bonds. The third kappa shape index (κ3) is 5.01. The molecule has 2 fully saturated rings. The van der Waals surface area contributed by atoms with Gasteiger partial charge >= 0.3 is 12.0 Å². The van der Waals surface area contributed by atoms with Crippen LogP contribution >= 0.6 is 11.6 Å². The Morgan fingerprint density at radius 2 is 1.93 bits per heavy atom. The Balaban J connectivity index is 1.52. The van der Waals surface area contributed by atoms with Crippen molar-refractivity contribution in [2.24, 2.45) is 0 Å². The molecule has 9 heteroatoms. The van der Waals surface area contributed by atoms with Gasteiger partial charge in [0.1, 0.15) is 0 Å². The number of benzene rings is 1. The maximum Gasteiger partial charge on any atom is 0.338 e. The Kier molecular flexibility index (Phi) is 6.51. The van der Waals surface area contributed by atoms with Crippen LogP contribution in [0, 0.1) is 0 Å². The van der Waals surface area contributed by atoms with Crippen molar-refractivity contribution in [1.29, 1.82) is 0 Å². The number of amides is 4. The van der Waals surface area contributed by atoms with Crippen LogP contribution in [-0.2, 0) is 14.3 Å². The number of carbonyl (C=O) groups is 4. The third-order valence-electron chi connectivity index (χ3n) is 4.82. The zero-order valence-corrected chi connectivity index (χ0v) is 16.1. The van der Waals surface area contributed by atoms with Crippen LogP contribution in [0.25, 0.3) is 0 Å². The quantitative estimate of drug-likeness (QED) is 0.729. The molecule has 1 aromatic rings. The number of urea groups is 1. The molecule has 0 radical (unpaired) electrons. The van der Waals surface area contributed by atoms with Gasteiger partial charge in [-0.25, -0.2) is 9.59 Å². The summed E-state index contributed by atoms with van der Waals surface area (Å²) in [6.07, 6.45) is 5.08. The van der Waals surface area contributed by atoms with E-state index in [1.807, 2.05) is 0 Å². The van der Waals surface area contributed by atoms with Crippen LogP contribution in [0.15, 0.2) is 18.2 Å². The molecule has 1 saturated carbocycles. The lowest BCUT2D eigenvalue weighted by molar-refractivity contribution is -0.123. The van der Waals surface area contributed by atoms with E-state index in [9.17, 15) is 19.2 Å². The smallest absolute Gasteiger partial charge is 0.338 e. The van der Waals surface area contributed by atoms with Crippen molar-refractivity contribution in [3.8, 4) is 0 Å². The van der Waals surface area contributed by atoms with Crippen molar-refractivity contribution < 1.29 is 23.9 Å².